The predicted molar refractivity (Wildman–Crippen MR) is 105 cm³/mol. The fourth-order valence-electron chi connectivity index (χ4n) is 3.02. The smallest absolute Gasteiger partial charge is 0.305 e. The highest BCUT2D eigenvalue weighted by atomic mass is 19.1. The zero-order chi connectivity index (χ0) is 22.5. The summed E-state index contributed by atoms with van der Waals surface area (Å²) in [7, 11) is 1.32. The molecule has 3 rings (SSSR count). The predicted octanol–water partition coefficient (Wildman–Crippen LogP) is 4.12. The normalized spacial score (nSPS) is 11.6. The van der Waals surface area contributed by atoms with Gasteiger partial charge in [-0.2, -0.15) is 0 Å². The molecule has 1 heterocycles. The van der Waals surface area contributed by atoms with E-state index in [1.165, 1.54) is 37.4 Å². The number of ether oxygens (including phenoxy) is 1. The number of carboxylic acid groups (broad SMARTS) is 1. The number of nitrogens with zero attached hydrogens (tertiary/aromatic N) is 1. The van der Waals surface area contributed by atoms with Gasteiger partial charge in [-0.05, 0) is 30.3 Å². The maximum atomic E-state index is 14.3. The molecule has 0 bridgehead atoms. The van der Waals surface area contributed by atoms with Crippen LogP contribution < -0.4 is 10.1 Å². The van der Waals surface area contributed by atoms with Crippen molar-refractivity contribution in [1.82, 2.24) is 10.3 Å². The number of aliphatic carboxylic acids is 1. The molecule has 0 radical (unpaired) electrons. The highest BCUT2D eigenvalue weighted by Crippen LogP contribution is 2.31. The van der Waals surface area contributed by atoms with Crippen molar-refractivity contribution in [3.05, 3.63) is 83.3 Å². The molecule has 0 aliphatic heterocycles. The largest absolute Gasteiger partial charge is 0.494 e. The van der Waals surface area contributed by atoms with E-state index >= 15 is 0 Å². The molecule has 31 heavy (non-hydrogen) atoms. The number of hydrogen-bond donors (Lipinski definition) is 2. The minimum atomic E-state index is -1.25. The summed E-state index contributed by atoms with van der Waals surface area (Å²) in [5.41, 5.74) is -0.333. The van der Waals surface area contributed by atoms with Crippen LogP contribution in [0.4, 0.5) is 13.2 Å². The molecule has 2 N–H and O–H groups in total. The third-order valence-corrected chi connectivity index (χ3v) is 4.46. The fourth-order valence-corrected chi connectivity index (χ4v) is 3.02. The molecule has 1 unspecified atom stereocenters. The van der Waals surface area contributed by atoms with E-state index in [2.05, 4.69) is 10.3 Å². The van der Waals surface area contributed by atoms with Gasteiger partial charge >= 0.3 is 5.97 Å². The second kappa shape index (κ2) is 9.29. The molecule has 0 spiro atoms. The van der Waals surface area contributed by atoms with Crippen LogP contribution in [0, 0.1) is 17.5 Å². The molecule has 1 atom stereocenters. The van der Waals surface area contributed by atoms with Gasteiger partial charge in [-0.15, -0.1) is 0 Å². The van der Waals surface area contributed by atoms with Crippen molar-refractivity contribution >= 4 is 11.9 Å². The van der Waals surface area contributed by atoms with Crippen molar-refractivity contribution in [2.24, 2.45) is 0 Å². The van der Waals surface area contributed by atoms with Gasteiger partial charge in [0, 0.05) is 17.2 Å². The van der Waals surface area contributed by atoms with Gasteiger partial charge in [-0.25, -0.2) is 18.2 Å². The summed E-state index contributed by atoms with van der Waals surface area (Å²) in [5.74, 6) is -4.27. The summed E-state index contributed by atoms with van der Waals surface area (Å²) < 4.78 is 46.8. The molecule has 0 aliphatic rings. The average molecular weight is 430 g/mol. The molecule has 3 aromatic rings. The van der Waals surface area contributed by atoms with Crippen molar-refractivity contribution in [3.8, 4) is 17.0 Å². The molecule has 1 aromatic heterocycles. The van der Waals surface area contributed by atoms with Gasteiger partial charge in [-0.1, -0.05) is 18.2 Å². The Morgan fingerprint density at radius 1 is 1.06 bits per heavy atom. The second-order valence-corrected chi connectivity index (χ2v) is 6.52. The minimum absolute atomic E-state index is 0.00318. The lowest BCUT2D eigenvalue weighted by atomic mass is 10.0. The number of methoxy groups -OCH3 is 1. The molecule has 2 aromatic carbocycles. The van der Waals surface area contributed by atoms with Gasteiger partial charge in [0.05, 0.1) is 19.6 Å². The van der Waals surface area contributed by atoms with Crippen LogP contribution in [0.1, 0.15) is 28.5 Å². The van der Waals surface area contributed by atoms with E-state index in [1.807, 2.05) is 0 Å². The van der Waals surface area contributed by atoms with E-state index in [-0.39, 0.29) is 28.3 Å². The molecule has 0 fully saturated rings. The van der Waals surface area contributed by atoms with Gasteiger partial charge in [0.15, 0.2) is 0 Å². The highest BCUT2D eigenvalue weighted by Gasteiger charge is 2.23. The van der Waals surface area contributed by atoms with Crippen LogP contribution in [0.3, 0.4) is 0 Å². The Hall–Kier alpha value is -3.88. The zero-order valence-corrected chi connectivity index (χ0v) is 16.2. The topological polar surface area (TPSA) is 88.5 Å². The van der Waals surface area contributed by atoms with Crippen molar-refractivity contribution in [2.45, 2.75) is 12.5 Å². The Kier molecular flexibility index (Phi) is 6.54. The Labute approximate surface area is 175 Å². The average Bonchev–Trinajstić information content (AvgIpc) is 2.73. The molecule has 9 heteroatoms. The summed E-state index contributed by atoms with van der Waals surface area (Å²) >= 11 is 0. The maximum absolute atomic E-state index is 14.3. The molecular formula is C22H17F3N2O4. The number of hydrogen-bond acceptors (Lipinski definition) is 4. The summed E-state index contributed by atoms with van der Waals surface area (Å²) in [6, 6.07) is 9.82. The first-order valence-corrected chi connectivity index (χ1v) is 9.07. The number of amides is 1. The quantitative estimate of drug-likeness (QED) is 0.589. The van der Waals surface area contributed by atoms with Crippen LogP contribution in [0.25, 0.3) is 11.3 Å². The summed E-state index contributed by atoms with van der Waals surface area (Å²) in [4.78, 5) is 28.1. The van der Waals surface area contributed by atoms with Crippen LogP contribution in [-0.4, -0.2) is 29.1 Å². The fraction of sp³-hybridized carbons (Fsp3) is 0.136. The number of carboxylic acids is 1. The molecule has 6 nitrogen and oxygen atoms in total. The van der Waals surface area contributed by atoms with E-state index in [9.17, 15) is 22.8 Å². The Bertz CT molecular complexity index is 1140. The van der Waals surface area contributed by atoms with Crippen LogP contribution >= 0.6 is 0 Å². The highest BCUT2D eigenvalue weighted by molar-refractivity contribution is 5.93. The van der Waals surface area contributed by atoms with Gasteiger partial charge < -0.3 is 15.2 Å². The Morgan fingerprint density at radius 2 is 1.81 bits per heavy atom. The third-order valence-electron chi connectivity index (χ3n) is 4.46. The van der Waals surface area contributed by atoms with Gasteiger partial charge in [0.1, 0.15) is 34.6 Å². The molecule has 1 amide bonds. The Morgan fingerprint density at radius 3 is 2.45 bits per heavy atom. The number of rotatable bonds is 7. The van der Waals surface area contributed by atoms with Crippen molar-refractivity contribution in [1.29, 1.82) is 0 Å². The first-order chi connectivity index (χ1) is 14.8. The number of benzene rings is 2. The van der Waals surface area contributed by atoms with Crippen LogP contribution in [0.15, 0.2) is 54.6 Å². The standard InChI is InChI=1S/C22H17F3N2O4/c1-31-19-9-8-17(26-21(19)14-7-6-12(23)10-16(14)25)22(30)27-18(11-20(28)29)13-4-2-3-5-15(13)24/h2-10,18H,11H2,1H3,(H,27,30)(H,28,29). The lowest BCUT2D eigenvalue weighted by Crippen LogP contribution is -2.31. The molecular weight excluding hydrogens is 413 g/mol. The summed E-state index contributed by atoms with van der Waals surface area (Å²) in [5, 5.41) is 11.6. The van der Waals surface area contributed by atoms with Crippen molar-refractivity contribution < 1.29 is 32.6 Å². The molecule has 0 saturated heterocycles. The van der Waals surface area contributed by atoms with Crippen molar-refractivity contribution in [3.63, 3.8) is 0 Å². The summed E-state index contributed by atoms with van der Waals surface area (Å²) in [6.45, 7) is 0. The lowest BCUT2D eigenvalue weighted by Gasteiger charge is -2.18. The van der Waals surface area contributed by atoms with Gasteiger partial charge in [0.2, 0.25) is 0 Å². The van der Waals surface area contributed by atoms with E-state index in [4.69, 9.17) is 9.84 Å². The minimum Gasteiger partial charge on any atom is -0.494 e. The number of pyridine rings is 1. The van der Waals surface area contributed by atoms with Gasteiger partial charge in [-0.3, -0.25) is 9.59 Å². The Balaban J connectivity index is 1.97. The third kappa shape index (κ3) is 5.00. The maximum Gasteiger partial charge on any atom is 0.305 e. The van der Waals surface area contributed by atoms with E-state index in [1.54, 1.807) is 0 Å². The number of carbonyl (C=O) groups is 2. The van der Waals surface area contributed by atoms with Crippen LogP contribution in [-0.2, 0) is 4.79 Å². The number of nitrogens with one attached hydrogen (secondary N) is 1. The monoisotopic (exact) mass is 430 g/mol. The SMILES string of the molecule is COc1ccc(C(=O)NC(CC(=O)O)c2ccccc2F)nc1-c1ccc(F)cc1F. The molecule has 0 aliphatic carbocycles. The number of carbonyl (C=O) groups excluding carboxylic acids is 1. The lowest BCUT2D eigenvalue weighted by molar-refractivity contribution is -0.137. The first-order valence-electron chi connectivity index (χ1n) is 9.07. The zero-order valence-electron chi connectivity index (χ0n) is 16.2. The summed E-state index contributed by atoms with van der Waals surface area (Å²) in [6.07, 6.45) is -0.567. The number of aromatic nitrogens is 1. The molecule has 0 saturated carbocycles. The van der Waals surface area contributed by atoms with Crippen LogP contribution in [0.5, 0.6) is 5.75 Å². The molecule has 160 valence electrons. The van der Waals surface area contributed by atoms with Crippen LogP contribution in [0.2, 0.25) is 0 Å². The van der Waals surface area contributed by atoms with E-state index < -0.39 is 41.8 Å². The van der Waals surface area contributed by atoms with E-state index in [0.29, 0.717) is 6.07 Å². The van der Waals surface area contributed by atoms with E-state index in [0.717, 1.165) is 18.2 Å². The second-order valence-electron chi connectivity index (χ2n) is 6.52. The first kappa shape index (κ1) is 21.8. The van der Waals surface area contributed by atoms with Gasteiger partial charge in [0.25, 0.3) is 5.91 Å². The number of halogens is 3. The van der Waals surface area contributed by atoms with Crippen molar-refractivity contribution in [2.75, 3.05) is 7.11 Å².